The molecule has 1 aromatic carbocycles. The number of carbonyl (C=O) groups is 2. The van der Waals surface area contributed by atoms with Crippen molar-refractivity contribution in [2.45, 2.75) is 36.6 Å². The minimum absolute atomic E-state index is 0.0890. The standard InChI is InChI=1S/C18H25FN4O4S/c19-15-7-3-4-8-16(15)28(26,27)23-11-9-22(10-12-23)13-17(24)21-18(25)20-14-5-1-2-6-14/h3-4,7-8,14H,1-2,5-6,9-13H2,(H2,20,21,24,25)/p+1. The Labute approximate surface area is 164 Å². The van der Waals surface area contributed by atoms with Crippen molar-refractivity contribution in [3.8, 4) is 0 Å². The molecule has 3 rings (SSSR count). The van der Waals surface area contributed by atoms with Crippen molar-refractivity contribution in [2.24, 2.45) is 0 Å². The van der Waals surface area contributed by atoms with Gasteiger partial charge in [0.25, 0.3) is 5.91 Å². The molecule has 0 aromatic heterocycles. The Hall–Kier alpha value is -2.04. The van der Waals surface area contributed by atoms with Crippen molar-refractivity contribution >= 4 is 22.0 Å². The van der Waals surface area contributed by atoms with Crippen LogP contribution in [-0.4, -0.2) is 63.4 Å². The SMILES string of the molecule is O=C(C[NH+]1CCN(S(=O)(=O)c2ccccc2F)CC1)NC(=O)NC1CCCC1. The minimum Gasteiger partial charge on any atom is -0.335 e. The van der Waals surface area contributed by atoms with E-state index in [0.717, 1.165) is 36.6 Å². The molecule has 1 heterocycles. The van der Waals surface area contributed by atoms with Crippen LogP contribution in [0.3, 0.4) is 0 Å². The topological polar surface area (TPSA) is 100 Å². The minimum atomic E-state index is -3.90. The maximum absolute atomic E-state index is 13.9. The van der Waals surface area contributed by atoms with Crippen LogP contribution >= 0.6 is 0 Å². The molecule has 3 amide bonds. The number of imide groups is 1. The molecule has 2 aliphatic rings. The van der Waals surface area contributed by atoms with Gasteiger partial charge in [0.2, 0.25) is 10.0 Å². The molecule has 1 aliphatic carbocycles. The highest BCUT2D eigenvalue weighted by molar-refractivity contribution is 7.89. The fourth-order valence-corrected chi connectivity index (χ4v) is 5.21. The summed E-state index contributed by atoms with van der Waals surface area (Å²) in [7, 11) is -3.90. The third-order valence-electron chi connectivity index (χ3n) is 5.24. The smallest absolute Gasteiger partial charge is 0.321 e. The predicted molar refractivity (Wildman–Crippen MR) is 99.7 cm³/mol. The Morgan fingerprint density at radius 1 is 1.14 bits per heavy atom. The molecule has 1 aliphatic heterocycles. The second-order valence-electron chi connectivity index (χ2n) is 7.26. The van der Waals surface area contributed by atoms with E-state index in [1.54, 1.807) is 0 Å². The number of urea groups is 1. The van der Waals surface area contributed by atoms with Gasteiger partial charge >= 0.3 is 6.03 Å². The zero-order valence-corrected chi connectivity index (χ0v) is 16.4. The van der Waals surface area contributed by atoms with Crippen molar-refractivity contribution < 1.29 is 27.3 Å². The van der Waals surface area contributed by atoms with Crippen LogP contribution in [0, 0.1) is 5.82 Å². The Bertz CT molecular complexity index is 819. The van der Waals surface area contributed by atoms with Crippen molar-refractivity contribution in [1.82, 2.24) is 14.9 Å². The van der Waals surface area contributed by atoms with Gasteiger partial charge in [-0.1, -0.05) is 25.0 Å². The number of hydrogen-bond donors (Lipinski definition) is 3. The molecule has 10 heteroatoms. The first kappa shape index (κ1) is 20.7. The summed E-state index contributed by atoms with van der Waals surface area (Å²) in [5.74, 6) is -1.17. The van der Waals surface area contributed by atoms with E-state index in [-0.39, 0.29) is 30.6 Å². The van der Waals surface area contributed by atoms with Crippen molar-refractivity contribution in [2.75, 3.05) is 32.7 Å². The molecule has 2 fully saturated rings. The van der Waals surface area contributed by atoms with E-state index in [9.17, 15) is 22.4 Å². The van der Waals surface area contributed by atoms with Crippen molar-refractivity contribution in [3.05, 3.63) is 30.1 Å². The number of amides is 3. The predicted octanol–water partition coefficient (Wildman–Crippen LogP) is -0.517. The van der Waals surface area contributed by atoms with E-state index < -0.39 is 27.8 Å². The van der Waals surface area contributed by atoms with E-state index in [4.69, 9.17) is 0 Å². The molecular formula is C18H26FN4O4S+. The average molecular weight is 413 g/mol. The molecule has 0 unspecified atom stereocenters. The van der Waals surface area contributed by atoms with Crippen LogP contribution in [0.25, 0.3) is 0 Å². The summed E-state index contributed by atoms with van der Waals surface area (Å²) >= 11 is 0. The summed E-state index contributed by atoms with van der Waals surface area (Å²) < 4.78 is 40.3. The van der Waals surface area contributed by atoms with Crippen molar-refractivity contribution in [1.29, 1.82) is 0 Å². The number of sulfonamides is 1. The number of piperazine rings is 1. The number of nitrogens with zero attached hydrogens (tertiary/aromatic N) is 1. The largest absolute Gasteiger partial charge is 0.335 e. The second-order valence-corrected chi connectivity index (χ2v) is 9.17. The fourth-order valence-electron chi connectivity index (χ4n) is 3.70. The molecule has 1 saturated carbocycles. The molecule has 0 spiro atoms. The Morgan fingerprint density at radius 3 is 2.43 bits per heavy atom. The molecule has 28 heavy (non-hydrogen) atoms. The van der Waals surface area contributed by atoms with Gasteiger partial charge in [0.15, 0.2) is 6.54 Å². The maximum atomic E-state index is 13.9. The first-order valence-electron chi connectivity index (χ1n) is 9.55. The number of halogens is 1. The summed E-state index contributed by atoms with van der Waals surface area (Å²) in [6.07, 6.45) is 4.04. The lowest BCUT2D eigenvalue weighted by atomic mass is 10.2. The van der Waals surface area contributed by atoms with E-state index in [1.165, 1.54) is 22.5 Å². The lowest BCUT2D eigenvalue weighted by molar-refractivity contribution is -0.895. The first-order chi connectivity index (χ1) is 13.4. The van der Waals surface area contributed by atoms with Crippen LogP contribution in [0.15, 0.2) is 29.2 Å². The van der Waals surface area contributed by atoms with Gasteiger partial charge in [-0.15, -0.1) is 0 Å². The number of hydrogen-bond acceptors (Lipinski definition) is 4. The van der Waals surface area contributed by atoms with Gasteiger partial charge in [-0.2, -0.15) is 4.31 Å². The summed E-state index contributed by atoms with van der Waals surface area (Å²) in [4.78, 5) is 24.5. The van der Waals surface area contributed by atoms with E-state index >= 15 is 0 Å². The van der Waals surface area contributed by atoms with Crippen LogP contribution in [0.4, 0.5) is 9.18 Å². The quantitative estimate of drug-likeness (QED) is 0.605. The molecule has 154 valence electrons. The first-order valence-corrected chi connectivity index (χ1v) is 11.0. The Morgan fingerprint density at radius 2 is 1.79 bits per heavy atom. The maximum Gasteiger partial charge on any atom is 0.321 e. The number of benzene rings is 1. The Balaban J connectivity index is 1.46. The number of rotatable bonds is 5. The highest BCUT2D eigenvalue weighted by Gasteiger charge is 2.32. The van der Waals surface area contributed by atoms with Gasteiger partial charge in [0.05, 0.1) is 26.2 Å². The van der Waals surface area contributed by atoms with Gasteiger partial charge in [0, 0.05) is 6.04 Å². The molecule has 0 atom stereocenters. The van der Waals surface area contributed by atoms with E-state index in [1.807, 2.05) is 0 Å². The molecule has 1 aromatic rings. The van der Waals surface area contributed by atoms with Gasteiger partial charge < -0.3 is 10.2 Å². The van der Waals surface area contributed by atoms with Gasteiger partial charge in [0.1, 0.15) is 10.7 Å². The third-order valence-corrected chi connectivity index (χ3v) is 7.17. The number of carbonyl (C=O) groups excluding carboxylic acids is 2. The second kappa shape index (κ2) is 8.97. The lowest BCUT2D eigenvalue weighted by Gasteiger charge is -2.31. The van der Waals surface area contributed by atoms with Gasteiger partial charge in [-0.3, -0.25) is 10.1 Å². The van der Waals surface area contributed by atoms with E-state index in [2.05, 4.69) is 10.6 Å². The zero-order chi connectivity index (χ0) is 20.1. The fraction of sp³-hybridized carbons (Fsp3) is 0.556. The molecule has 0 radical (unpaired) electrons. The molecule has 3 N–H and O–H groups in total. The van der Waals surface area contributed by atoms with Crippen LogP contribution in [0.5, 0.6) is 0 Å². The zero-order valence-electron chi connectivity index (χ0n) is 15.6. The van der Waals surface area contributed by atoms with Gasteiger partial charge in [-0.05, 0) is 25.0 Å². The van der Waals surface area contributed by atoms with Crippen LogP contribution in [0.1, 0.15) is 25.7 Å². The molecule has 1 saturated heterocycles. The van der Waals surface area contributed by atoms with Gasteiger partial charge in [-0.25, -0.2) is 17.6 Å². The normalized spacial score (nSPS) is 19.5. The lowest BCUT2D eigenvalue weighted by Crippen LogP contribution is -3.15. The van der Waals surface area contributed by atoms with Crippen LogP contribution < -0.4 is 15.5 Å². The van der Waals surface area contributed by atoms with Crippen LogP contribution in [-0.2, 0) is 14.8 Å². The Kier molecular flexibility index (Phi) is 6.63. The summed E-state index contributed by atoms with van der Waals surface area (Å²) in [6.45, 7) is 1.28. The number of quaternary nitrogens is 1. The molecular weight excluding hydrogens is 387 g/mol. The summed E-state index contributed by atoms with van der Waals surface area (Å²) in [5, 5.41) is 5.13. The summed E-state index contributed by atoms with van der Waals surface area (Å²) in [6, 6.07) is 4.95. The molecule has 8 nitrogen and oxygen atoms in total. The van der Waals surface area contributed by atoms with Crippen LogP contribution in [0.2, 0.25) is 0 Å². The summed E-state index contributed by atoms with van der Waals surface area (Å²) in [5.41, 5.74) is 0. The van der Waals surface area contributed by atoms with Crippen molar-refractivity contribution in [3.63, 3.8) is 0 Å². The number of nitrogens with one attached hydrogen (secondary N) is 3. The average Bonchev–Trinajstić information content (AvgIpc) is 3.15. The monoisotopic (exact) mass is 413 g/mol. The highest BCUT2D eigenvalue weighted by atomic mass is 32.2. The highest BCUT2D eigenvalue weighted by Crippen LogP contribution is 2.19. The van der Waals surface area contributed by atoms with E-state index in [0.29, 0.717) is 13.1 Å². The molecule has 0 bridgehead atoms. The third kappa shape index (κ3) is 5.06.